The first kappa shape index (κ1) is 30.0. The molecule has 2 heterocycles. The van der Waals surface area contributed by atoms with Crippen molar-refractivity contribution >= 4 is 29.3 Å². The molecule has 10 heteroatoms. The molecule has 3 N–H and O–H groups in total. The largest absolute Gasteiger partial charge is 0.477 e. The van der Waals surface area contributed by atoms with Crippen LogP contribution in [-0.2, 0) is 32.1 Å². The average molecular weight is 571 g/mol. The topological polar surface area (TPSA) is 112 Å². The van der Waals surface area contributed by atoms with Crippen molar-refractivity contribution in [3.05, 3.63) is 70.7 Å². The number of benzene rings is 2. The molecule has 2 aliphatic rings. The summed E-state index contributed by atoms with van der Waals surface area (Å²) in [6.45, 7) is 4.36. The molecule has 0 aliphatic carbocycles. The van der Waals surface area contributed by atoms with Crippen molar-refractivity contribution in [1.82, 2.24) is 15.5 Å². The second kappa shape index (κ2) is 13.6. The second-order valence-electron chi connectivity index (χ2n) is 10.6. The van der Waals surface area contributed by atoms with E-state index in [1.165, 1.54) is 0 Å². The number of nitrogens with one attached hydrogen (secondary N) is 2. The van der Waals surface area contributed by atoms with Crippen LogP contribution in [0.1, 0.15) is 37.8 Å². The number of amides is 2. The molecule has 0 spiro atoms. The van der Waals surface area contributed by atoms with E-state index in [2.05, 4.69) is 10.6 Å². The lowest BCUT2D eigenvalue weighted by atomic mass is 9.93. The number of carbonyl (C=O) groups is 2. The molecule has 0 radical (unpaired) electrons. The third kappa shape index (κ3) is 7.20. The standard InChI is InChI=1S/C30H39ClN4O5/c1-20(32-3)27(37)33-26(21(2)39-17-22-9-5-4-6-10-22)29(38)35-14-8-13-25(35)28-34-30(18-36,19-40-28)16-23-11-7-12-24(31)15-23/h4-7,9-12,15,20-21,25-26,32,36H,8,13-14,16-19H2,1-3H3,(H,33,37)/t20?,21?,25?,26?,30-/m0/s1. The average Bonchev–Trinajstić information content (AvgIpc) is 3.62. The van der Waals surface area contributed by atoms with Crippen LogP contribution in [0.3, 0.4) is 0 Å². The SMILES string of the molecule is CNC(C)C(=O)NC(C(=O)N1CCCC1C1=N[C@](CO)(Cc2cccc(Cl)c2)CO1)C(C)OCc1ccccc1. The summed E-state index contributed by atoms with van der Waals surface area (Å²) in [6.07, 6.45) is 1.31. The lowest BCUT2D eigenvalue weighted by molar-refractivity contribution is -0.141. The molecule has 0 aromatic heterocycles. The van der Waals surface area contributed by atoms with Crippen LogP contribution in [0.25, 0.3) is 0 Å². The molecule has 4 rings (SSSR count). The molecule has 5 atom stereocenters. The quantitative estimate of drug-likeness (QED) is 0.362. The number of nitrogens with zero attached hydrogens (tertiary/aromatic N) is 2. The molecule has 216 valence electrons. The zero-order chi connectivity index (χ0) is 28.7. The predicted molar refractivity (Wildman–Crippen MR) is 154 cm³/mol. The van der Waals surface area contributed by atoms with Crippen LogP contribution in [0, 0.1) is 0 Å². The molecule has 1 saturated heterocycles. The fourth-order valence-electron chi connectivity index (χ4n) is 5.08. The molecule has 0 saturated carbocycles. The van der Waals surface area contributed by atoms with Gasteiger partial charge in [0, 0.05) is 18.0 Å². The molecule has 2 amide bonds. The van der Waals surface area contributed by atoms with Gasteiger partial charge in [-0.1, -0.05) is 54.1 Å². The van der Waals surface area contributed by atoms with Crippen LogP contribution in [0.2, 0.25) is 5.02 Å². The van der Waals surface area contributed by atoms with E-state index in [9.17, 15) is 14.7 Å². The van der Waals surface area contributed by atoms with Crippen LogP contribution in [0.15, 0.2) is 59.6 Å². The minimum Gasteiger partial charge on any atom is -0.477 e. The van der Waals surface area contributed by atoms with Gasteiger partial charge in [-0.05, 0) is 57.0 Å². The highest BCUT2D eigenvalue weighted by Crippen LogP contribution is 2.30. The Morgan fingerprint density at radius 2 is 1.95 bits per heavy atom. The van der Waals surface area contributed by atoms with Crippen molar-refractivity contribution in [1.29, 1.82) is 0 Å². The van der Waals surface area contributed by atoms with Gasteiger partial charge in [-0.3, -0.25) is 9.59 Å². The van der Waals surface area contributed by atoms with Crippen LogP contribution in [0.5, 0.6) is 0 Å². The number of halogens is 1. The van der Waals surface area contributed by atoms with E-state index in [0.717, 1.165) is 17.5 Å². The Hall–Kier alpha value is -2.98. The molecule has 40 heavy (non-hydrogen) atoms. The van der Waals surface area contributed by atoms with Gasteiger partial charge in [-0.25, -0.2) is 4.99 Å². The summed E-state index contributed by atoms with van der Waals surface area (Å²) in [5, 5.41) is 16.7. The van der Waals surface area contributed by atoms with Gasteiger partial charge in [0.15, 0.2) is 0 Å². The highest BCUT2D eigenvalue weighted by molar-refractivity contribution is 6.30. The highest BCUT2D eigenvalue weighted by Gasteiger charge is 2.44. The van der Waals surface area contributed by atoms with Crippen LogP contribution < -0.4 is 10.6 Å². The number of likely N-dealkylation sites (tertiary alicyclic amines) is 1. The second-order valence-corrected chi connectivity index (χ2v) is 11.1. The first-order valence-corrected chi connectivity index (χ1v) is 14.1. The lowest BCUT2D eigenvalue weighted by Crippen LogP contribution is -2.58. The Labute approximate surface area is 240 Å². The lowest BCUT2D eigenvalue weighted by Gasteiger charge is -2.32. The smallest absolute Gasteiger partial charge is 0.248 e. The predicted octanol–water partition coefficient (Wildman–Crippen LogP) is 2.73. The monoisotopic (exact) mass is 570 g/mol. The zero-order valence-corrected chi connectivity index (χ0v) is 24.1. The Morgan fingerprint density at radius 3 is 2.65 bits per heavy atom. The van der Waals surface area contributed by atoms with E-state index in [1.54, 1.807) is 31.9 Å². The molecule has 2 aromatic carbocycles. The van der Waals surface area contributed by atoms with Gasteiger partial charge in [-0.15, -0.1) is 0 Å². The fourth-order valence-corrected chi connectivity index (χ4v) is 5.30. The molecule has 2 aromatic rings. The summed E-state index contributed by atoms with van der Waals surface area (Å²) >= 11 is 6.16. The Morgan fingerprint density at radius 1 is 1.20 bits per heavy atom. The van der Waals surface area contributed by atoms with E-state index in [-0.39, 0.29) is 31.1 Å². The van der Waals surface area contributed by atoms with Crippen molar-refractivity contribution in [2.24, 2.45) is 4.99 Å². The summed E-state index contributed by atoms with van der Waals surface area (Å²) in [5.41, 5.74) is 1.07. The van der Waals surface area contributed by atoms with Gasteiger partial charge in [0.1, 0.15) is 24.2 Å². The maximum absolute atomic E-state index is 14.0. The zero-order valence-electron chi connectivity index (χ0n) is 23.3. The van der Waals surface area contributed by atoms with Gasteiger partial charge >= 0.3 is 0 Å². The van der Waals surface area contributed by atoms with E-state index >= 15 is 0 Å². The molecule has 9 nitrogen and oxygen atoms in total. The van der Waals surface area contributed by atoms with Crippen LogP contribution in [-0.4, -0.2) is 84.3 Å². The Balaban J connectivity index is 1.52. The number of aliphatic imine (C=N–C) groups is 1. The summed E-state index contributed by atoms with van der Waals surface area (Å²) in [7, 11) is 1.69. The van der Waals surface area contributed by atoms with Crippen molar-refractivity contribution < 1.29 is 24.2 Å². The maximum Gasteiger partial charge on any atom is 0.248 e. The number of hydrogen-bond donors (Lipinski definition) is 3. The highest BCUT2D eigenvalue weighted by atomic mass is 35.5. The van der Waals surface area contributed by atoms with Crippen molar-refractivity contribution in [2.75, 3.05) is 26.8 Å². The van der Waals surface area contributed by atoms with E-state index in [1.807, 2.05) is 48.5 Å². The van der Waals surface area contributed by atoms with E-state index in [0.29, 0.717) is 36.9 Å². The van der Waals surface area contributed by atoms with Gasteiger partial charge < -0.3 is 30.1 Å². The molecular formula is C30H39ClN4O5. The number of ether oxygens (including phenoxy) is 2. The number of aliphatic hydroxyl groups is 1. The number of rotatable bonds is 12. The minimum absolute atomic E-state index is 0.200. The summed E-state index contributed by atoms with van der Waals surface area (Å²) in [6, 6.07) is 15.4. The summed E-state index contributed by atoms with van der Waals surface area (Å²) in [4.78, 5) is 33.4. The number of hydrogen-bond acceptors (Lipinski definition) is 7. The van der Waals surface area contributed by atoms with Gasteiger partial charge in [-0.2, -0.15) is 0 Å². The number of aliphatic hydroxyl groups excluding tert-OH is 1. The van der Waals surface area contributed by atoms with Crippen molar-refractivity contribution in [3.8, 4) is 0 Å². The maximum atomic E-state index is 14.0. The molecule has 1 fully saturated rings. The Bertz CT molecular complexity index is 1200. The van der Waals surface area contributed by atoms with Crippen molar-refractivity contribution in [3.63, 3.8) is 0 Å². The molecule has 2 aliphatic heterocycles. The Kier molecular flexibility index (Phi) is 10.2. The first-order chi connectivity index (χ1) is 19.2. The van der Waals surface area contributed by atoms with Crippen LogP contribution in [0.4, 0.5) is 0 Å². The van der Waals surface area contributed by atoms with Crippen molar-refractivity contribution in [2.45, 2.75) is 69.5 Å². The summed E-state index contributed by atoms with van der Waals surface area (Å²) < 4.78 is 12.1. The third-order valence-corrected chi connectivity index (χ3v) is 7.82. The normalized spacial score (nSPS) is 22.8. The van der Waals surface area contributed by atoms with E-state index in [4.69, 9.17) is 26.1 Å². The number of likely N-dealkylation sites (N-methyl/N-ethyl adjacent to an activating group) is 1. The molecule has 0 bridgehead atoms. The van der Waals surface area contributed by atoms with E-state index < -0.39 is 23.7 Å². The summed E-state index contributed by atoms with van der Waals surface area (Å²) in [5.74, 6) is -0.0992. The number of carbonyl (C=O) groups excluding carboxylic acids is 2. The minimum atomic E-state index is -0.899. The third-order valence-electron chi connectivity index (χ3n) is 7.59. The van der Waals surface area contributed by atoms with Gasteiger partial charge in [0.05, 0.1) is 25.4 Å². The fraction of sp³-hybridized carbons (Fsp3) is 0.500. The first-order valence-electron chi connectivity index (χ1n) is 13.8. The van der Waals surface area contributed by atoms with Crippen LogP contribution >= 0.6 is 11.6 Å². The molecule has 4 unspecified atom stereocenters. The van der Waals surface area contributed by atoms with Gasteiger partial charge in [0.2, 0.25) is 17.7 Å². The van der Waals surface area contributed by atoms with Gasteiger partial charge in [0.25, 0.3) is 0 Å². The molecular weight excluding hydrogens is 532 g/mol.